The highest BCUT2D eigenvalue weighted by molar-refractivity contribution is 7.88. The zero-order valence-electron chi connectivity index (χ0n) is 11.7. The Bertz CT molecular complexity index is 631. The third kappa shape index (κ3) is 4.23. The molecule has 0 bridgehead atoms. The molecule has 1 saturated carbocycles. The predicted molar refractivity (Wildman–Crippen MR) is 75.9 cm³/mol. The fraction of sp³-hybridized carbons (Fsp3) is 0.500. The van der Waals surface area contributed by atoms with Gasteiger partial charge in [0.25, 0.3) is 6.43 Å². The highest BCUT2D eigenvalue weighted by Crippen LogP contribution is 2.27. The molecule has 0 aromatic heterocycles. The Morgan fingerprint density at radius 1 is 1.27 bits per heavy atom. The number of benzene rings is 1. The number of halogens is 2. The van der Waals surface area contributed by atoms with Crippen LogP contribution in [0.15, 0.2) is 24.3 Å². The van der Waals surface area contributed by atoms with Gasteiger partial charge in [-0.25, -0.2) is 21.9 Å². The molecule has 5 nitrogen and oxygen atoms in total. The Labute approximate surface area is 127 Å². The average molecular weight is 333 g/mol. The average Bonchev–Trinajstić information content (AvgIpc) is 2.86. The van der Waals surface area contributed by atoms with Crippen molar-refractivity contribution in [2.75, 3.05) is 0 Å². The number of nitrogens with one attached hydrogen (secondary N) is 1. The number of carboxylic acid groups (broad SMARTS) is 1. The van der Waals surface area contributed by atoms with Crippen molar-refractivity contribution in [1.29, 1.82) is 0 Å². The lowest BCUT2D eigenvalue weighted by Gasteiger charge is -2.17. The Hall–Kier alpha value is -1.54. The van der Waals surface area contributed by atoms with E-state index in [1.54, 1.807) is 0 Å². The van der Waals surface area contributed by atoms with Crippen molar-refractivity contribution in [3.05, 3.63) is 35.4 Å². The molecule has 2 atom stereocenters. The number of carbonyl (C=O) groups is 1. The molecule has 1 aliphatic rings. The van der Waals surface area contributed by atoms with Crippen molar-refractivity contribution < 1.29 is 27.1 Å². The summed E-state index contributed by atoms with van der Waals surface area (Å²) in [6.45, 7) is 0. The van der Waals surface area contributed by atoms with Crippen LogP contribution in [-0.2, 0) is 20.6 Å². The second-order valence-electron chi connectivity index (χ2n) is 5.40. The van der Waals surface area contributed by atoms with Crippen molar-refractivity contribution in [2.24, 2.45) is 5.92 Å². The molecule has 1 aromatic carbocycles. The van der Waals surface area contributed by atoms with Gasteiger partial charge in [0.05, 0.1) is 11.7 Å². The summed E-state index contributed by atoms with van der Waals surface area (Å²) >= 11 is 0. The Morgan fingerprint density at radius 2 is 1.91 bits per heavy atom. The van der Waals surface area contributed by atoms with E-state index in [2.05, 4.69) is 4.72 Å². The lowest BCUT2D eigenvalue weighted by molar-refractivity contribution is -0.141. The van der Waals surface area contributed by atoms with Crippen LogP contribution in [0, 0.1) is 5.92 Å². The molecule has 0 amide bonds. The van der Waals surface area contributed by atoms with Gasteiger partial charge in [-0.1, -0.05) is 30.7 Å². The first-order valence-electron chi connectivity index (χ1n) is 6.88. The van der Waals surface area contributed by atoms with E-state index in [1.165, 1.54) is 24.3 Å². The fourth-order valence-electron chi connectivity index (χ4n) is 2.65. The van der Waals surface area contributed by atoms with E-state index in [-0.39, 0.29) is 11.3 Å². The first kappa shape index (κ1) is 16.8. The van der Waals surface area contributed by atoms with E-state index in [0.717, 1.165) is 0 Å². The molecule has 2 N–H and O–H groups in total. The maximum absolute atomic E-state index is 12.4. The fourth-order valence-corrected chi connectivity index (χ4v) is 4.11. The minimum atomic E-state index is -3.72. The van der Waals surface area contributed by atoms with E-state index in [0.29, 0.717) is 24.8 Å². The third-order valence-electron chi connectivity index (χ3n) is 3.75. The SMILES string of the molecule is O=C(O)[C@@H]1CCC[C@H]1NS(=O)(=O)Cc1ccc(C(F)F)cc1. The molecule has 22 heavy (non-hydrogen) atoms. The maximum atomic E-state index is 12.4. The molecule has 8 heteroatoms. The minimum absolute atomic E-state index is 0.171. The summed E-state index contributed by atoms with van der Waals surface area (Å²) in [5.41, 5.74) is 0.206. The van der Waals surface area contributed by atoms with E-state index in [9.17, 15) is 22.0 Å². The molecule has 1 aromatic rings. The largest absolute Gasteiger partial charge is 0.481 e. The number of rotatable bonds is 6. The monoisotopic (exact) mass is 333 g/mol. The molecule has 0 radical (unpaired) electrons. The van der Waals surface area contributed by atoms with E-state index < -0.39 is 34.4 Å². The molecular weight excluding hydrogens is 316 g/mol. The van der Waals surface area contributed by atoms with Crippen LogP contribution in [0.2, 0.25) is 0 Å². The first-order valence-corrected chi connectivity index (χ1v) is 8.53. The van der Waals surface area contributed by atoms with Crippen molar-refractivity contribution in [3.8, 4) is 0 Å². The van der Waals surface area contributed by atoms with Crippen LogP contribution >= 0.6 is 0 Å². The third-order valence-corrected chi connectivity index (χ3v) is 5.13. The number of alkyl halides is 2. The van der Waals surface area contributed by atoms with E-state index in [4.69, 9.17) is 5.11 Å². The molecule has 2 rings (SSSR count). The molecule has 0 unspecified atom stereocenters. The number of hydrogen-bond acceptors (Lipinski definition) is 3. The normalized spacial score (nSPS) is 22.1. The van der Waals surface area contributed by atoms with Gasteiger partial charge in [-0.15, -0.1) is 0 Å². The van der Waals surface area contributed by atoms with Crippen LogP contribution in [0.1, 0.15) is 36.8 Å². The van der Waals surface area contributed by atoms with Gasteiger partial charge >= 0.3 is 5.97 Å². The zero-order chi connectivity index (χ0) is 16.3. The zero-order valence-corrected chi connectivity index (χ0v) is 12.5. The summed E-state index contributed by atoms with van der Waals surface area (Å²) in [5.74, 6) is -2.08. The molecule has 0 heterocycles. The second kappa shape index (κ2) is 6.70. The van der Waals surface area contributed by atoms with Gasteiger partial charge in [0.2, 0.25) is 10.0 Å². The Balaban J connectivity index is 2.03. The molecule has 0 saturated heterocycles. The molecule has 1 fully saturated rings. The number of carboxylic acids is 1. The Kier molecular flexibility index (Phi) is 5.12. The van der Waals surface area contributed by atoms with E-state index >= 15 is 0 Å². The second-order valence-corrected chi connectivity index (χ2v) is 7.16. The molecule has 1 aliphatic carbocycles. The van der Waals surface area contributed by atoms with Gasteiger partial charge in [0.15, 0.2) is 0 Å². The minimum Gasteiger partial charge on any atom is -0.481 e. The standard InChI is InChI=1S/C14H17F2NO4S/c15-13(16)10-6-4-9(5-7-10)8-22(20,21)17-12-3-1-2-11(12)14(18)19/h4-7,11-13,17H,1-3,8H2,(H,18,19)/t11-,12-/m1/s1. The van der Waals surface area contributed by atoms with Crippen molar-refractivity contribution in [2.45, 2.75) is 37.5 Å². The molecule has 0 aliphatic heterocycles. The highest BCUT2D eigenvalue weighted by Gasteiger charge is 2.35. The lowest BCUT2D eigenvalue weighted by Crippen LogP contribution is -2.40. The predicted octanol–water partition coefficient (Wildman–Crippen LogP) is 2.30. The topological polar surface area (TPSA) is 83.5 Å². The number of aliphatic carboxylic acids is 1. The summed E-state index contributed by atoms with van der Waals surface area (Å²) in [4.78, 5) is 11.1. The van der Waals surface area contributed by atoms with Crippen LogP contribution < -0.4 is 4.72 Å². The van der Waals surface area contributed by atoms with Crippen LogP contribution in [-0.4, -0.2) is 25.5 Å². The van der Waals surface area contributed by atoms with Gasteiger partial charge in [-0.2, -0.15) is 0 Å². The van der Waals surface area contributed by atoms with Crippen LogP contribution in [0.4, 0.5) is 8.78 Å². The Morgan fingerprint density at radius 3 is 2.45 bits per heavy atom. The van der Waals surface area contributed by atoms with Gasteiger partial charge in [-0.3, -0.25) is 4.79 Å². The number of sulfonamides is 1. The summed E-state index contributed by atoms with van der Waals surface area (Å²) in [5, 5.41) is 9.05. The first-order chi connectivity index (χ1) is 10.3. The lowest BCUT2D eigenvalue weighted by atomic mass is 10.1. The molecule has 122 valence electrons. The quantitative estimate of drug-likeness (QED) is 0.837. The number of hydrogen-bond donors (Lipinski definition) is 2. The molecule has 0 spiro atoms. The van der Waals surface area contributed by atoms with Crippen molar-refractivity contribution in [1.82, 2.24) is 4.72 Å². The van der Waals surface area contributed by atoms with Crippen molar-refractivity contribution in [3.63, 3.8) is 0 Å². The van der Waals surface area contributed by atoms with Crippen LogP contribution in [0.25, 0.3) is 0 Å². The van der Waals surface area contributed by atoms with Crippen molar-refractivity contribution >= 4 is 16.0 Å². The van der Waals surface area contributed by atoms with Crippen LogP contribution in [0.3, 0.4) is 0 Å². The maximum Gasteiger partial charge on any atom is 0.308 e. The summed E-state index contributed by atoms with van der Waals surface area (Å²) in [7, 11) is -3.72. The van der Waals surface area contributed by atoms with Crippen LogP contribution in [0.5, 0.6) is 0 Å². The van der Waals surface area contributed by atoms with Gasteiger partial charge in [-0.05, 0) is 18.4 Å². The summed E-state index contributed by atoms with van der Waals surface area (Å²) in [6, 6.07) is 4.44. The van der Waals surface area contributed by atoms with E-state index in [1.807, 2.05) is 0 Å². The smallest absolute Gasteiger partial charge is 0.308 e. The molecular formula is C14H17F2NO4S. The highest BCUT2D eigenvalue weighted by atomic mass is 32.2. The summed E-state index contributed by atoms with van der Waals surface area (Å²) < 4.78 is 51.5. The summed E-state index contributed by atoms with van der Waals surface area (Å²) in [6.07, 6.45) is -1.00. The van der Waals surface area contributed by atoms with Gasteiger partial charge in [0.1, 0.15) is 0 Å². The van der Waals surface area contributed by atoms with Gasteiger partial charge < -0.3 is 5.11 Å². The van der Waals surface area contributed by atoms with Gasteiger partial charge in [0, 0.05) is 11.6 Å².